The van der Waals surface area contributed by atoms with E-state index in [0.29, 0.717) is 13.2 Å². The van der Waals surface area contributed by atoms with Crippen LogP contribution in [0, 0.1) is 0 Å². The molecule has 9 heavy (non-hydrogen) atoms. The second-order valence-electron chi connectivity index (χ2n) is 1.84. The Kier molecular flexibility index (Phi) is 6.58. The third-order valence-electron chi connectivity index (χ3n) is 0.991. The van der Waals surface area contributed by atoms with Gasteiger partial charge in [-0.2, -0.15) is 12.6 Å². The van der Waals surface area contributed by atoms with E-state index in [2.05, 4.69) is 12.6 Å². The van der Waals surface area contributed by atoms with Gasteiger partial charge in [0.15, 0.2) is 0 Å². The quantitative estimate of drug-likeness (QED) is 0.465. The maximum atomic E-state index is 5.13. The van der Waals surface area contributed by atoms with Gasteiger partial charge < -0.3 is 9.47 Å². The number of hydrogen-bond acceptors (Lipinski definition) is 3. The van der Waals surface area contributed by atoms with E-state index < -0.39 is 0 Å². The highest BCUT2D eigenvalue weighted by Crippen LogP contribution is 1.88. The lowest BCUT2D eigenvalue weighted by molar-refractivity contribution is 0.0241. The molecule has 0 bridgehead atoms. The second kappa shape index (κ2) is 6.39. The maximum Gasteiger partial charge on any atom is 0.0776 e. The molecule has 2 nitrogen and oxygen atoms in total. The zero-order valence-corrected chi connectivity index (χ0v) is 6.86. The van der Waals surface area contributed by atoms with E-state index in [1.54, 1.807) is 7.11 Å². The van der Waals surface area contributed by atoms with Gasteiger partial charge >= 0.3 is 0 Å². The van der Waals surface area contributed by atoms with Crippen molar-refractivity contribution in [1.82, 2.24) is 0 Å². The Morgan fingerprint density at radius 3 is 2.67 bits per heavy atom. The van der Waals surface area contributed by atoms with Crippen LogP contribution in [0.1, 0.15) is 6.92 Å². The fourth-order valence-electron chi connectivity index (χ4n) is 0.382. The normalized spacial score (nSPS) is 13.7. The highest BCUT2D eigenvalue weighted by atomic mass is 32.1. The molecule has 3 heteroatoms. The van der Waals surface area contributed by atoms with Crippen LogP contribution in [0.2, 0.25) is 0 Å². The van der Waals surface area contributed by atoms with Crippen molar-refractivity contribution in [2.75, 3.05) is 26.1 Å². The lowest BCUT2D eigenvalue weighted by atomic mass is 10.4. The predicted molar refractivity (Wildman–Crippen MR) is 41.1 cm³/mol. The van der Waals surface area contributed by atoms with Gasteiger partial charge in [0.1, 0.15) is 0 Å². The van der Waals surface area contributed by atoms with Crippen LogP contribution < -0.4 is 0 Å². The SMILES string of the molecule is COC(C)COCCS. The molecule has 0 saturated carbocycles. The van der Waals surface area contributed by atoms with Crippen LogP contribution in [0.5, 0.6) is 0 Å². The van der Waals surface area contributed by atoms with Crippen molar-refractivity contribution >= 4 is 12.6 Å². The molecule has 0 spiro atoms. The first-order chi connectivity index (χ1) is 4.31. The predicted octanol–water partition coefficient (Wildman–Crippen LogP) is 0.968. The number of ether oxygens (including phenoxy) is 2. The lowest BCUT2D eigenvalue weighted by Gasteiger charge is -2.08. The molecule has 0 aromatic rings. The van der Waals surface area contributed by atoms with Gasteiger partial charge in [0, 0.05) is 12.9 Å². The van der Waals surface area contributed by atoms with Gasteiger partial charge in [-0.05, 0) is 6.92 Å². The molecule has 0 aromatic heterocycles. The first-order valence-electron chi connectivity index (χ1n) is 3.02. The monoisotopic (exact) mass is 150 g/mol. The highest BCUT2D eigenvalue weighted by Gasteiger charge is 1.96. The third kappa shape index (κ3) is 6.15. The van der Waals surface area contributed by atoms with Crippen molar-refractivity contribution in [2.45, 2.75) is 13.0 Å². The summed E-state index contributed by atoms with van der Waals surface area (Å²) < 4.78 is 10.1. The topological polar surface area (TPSA) is 18.5 Å². The van der Waals surface area contributed by atoms with Crippen LogP contribution in [0.3, 0.4) is 0 Å². The van der Waals surface area contributed by atoms with Gasteiger partial charge in [-0.25, -0.2) is 0 Å². The minimum absolute atomic E-state index is 0.199. The summed E-state index contributed by atoms with van der Waals surface area (Å²) in [5, 5.41) is 0. The zero-order chi connectivity index (χ0) is 7.11. The molecule has 0 saturated heterocycles. The van der Waals surface area contributed by atoms with Gasteiger partial charge in [-0.1, -0.05) is 0 Å². The molecule has 0 rings (SSSR count). The summed E-state index contributed by atoms with van der Waals surface area (Å²) >= 11 is 3.99. The van der Waals surface area contributed by atoms with Crippen molar-refractivity contribution in [3.8, 4) is 0 Å². The molecule has 0 amide bonds. The van der Waals surface area contributed by atoms with Crippen molar-refractivity contribution in [1.29, 1.82) is 0 Å². The second-order valence-corrected chi connectivity index (χ2v) is 2.29. The standard InChI is InChI=1S/C6H14O2S/c1-6(7-2)5-8-3-4-9/h6,9H,3-5H2,1-2H3. The molecule has 56 valence electrons. The smallest absolute Gasteiger partial charge is 0.0776 e. The van der Waals surface area contributed by atoms with Crippen LogP contribution in [0.15, 0.2) is 0 Å². The van der Waals surface area contributed by atoms with Crippen LogP contribution >= 0.6 is 12.6 Å². The minimum Gasteiger partial charge on any atom is -0.379 e. The summed E-state index contributed by atoms with van der Waals surface area (Å²) in [6, 6.07) is 0. The van der Waals surface area contributed by atoms with Crippen molar-refractivity contribution < 1.29 is 9.47 Å². The molecule has 0 radical (unpaired) electrons. The van der Waals surface area contributed by atoms with Crippen molar-refractivity contribution in [3.63, 3.8) is 0 Å². The number of rotatable bonds is 5. The van der Waals surface area contributed by atoms with Crippen molar-refractivity contribution in [2.24, 2.45) is 0 Å². The Balaban J connectivity index is 2.88. The van der Waals surface area contributed by atoms with E-state index >= 15 is 0 Å². The van der Waals surface area contributed by atoms with E-state index in [0.717, 1.165) is 5.75 Å². The average Bonchev–Trinajstić information content (AvgIpc) is 1.89. The first-order valence-corrected chi connectivity index (χ1v) is 3.66. The van der Waals surface area contributed by atoms with Gasteiger partial charge in [-0.15, -0.1) is 0 Å². The fraction of sp³-hybridized carbons (Fsp3) is 1.00. The molecule has 0 aliphatic carbocycles. The summed E-state index contributed by atoms with van der Waals surface area (Å²) in [5.74, 6) is 0.774. The Hall–Kier alpha value is 0.270. The maximum absolute atomic E-state index is 5.13. The van der Waals surface area contributed by atoms with Gasteiger partial charge in [-0.3, -0.25) is 0 Å². The molecule has 1 unspecified atom stereocenters. The summed E-state index contributed by atoms with van der Waals surface area (Å²) in [7, 11) is 1.68. The summed E-state index contributed by atoms with van der Waals surface area (Å²) in [4.78, 5) is 0. The lowest BCUT2D eigenvalue weighted by Crippen LogP contribution is -2.14. The van der Waals surface area contributed by atoms with E-state index in [-0.39, 0.29) is 6.10 Å². The van der Waals surface area contributed by atoms with Crippen molar-refractivity contribution in [3.05, 3.63) is 0 Å². The molecule has 0 aliphatic heterocycles. The van der Waals surface area contributed by atoms with E-state index in [1.165, 1.54) is 0 Å². The largest absolute Gasteiger partial charge is 0.379 e. The molecule has 0 N–H and O–H groups in total. The highest BCUT2D eigenvalue weighted by molar-refractivity contribution is 7.80. The van der Waals surface area contributed by atoms with Gasteiger partial charge in [0.2, 0.25) is 0 Å². The van der Waals surface area contributed by atoms with Crippen LogP contribution in [-0.4, -0.2) is 32.2 Å². The zero-order valence-electron chi connectivity index (χ0n) is 5.96. The Morgan fingerprint density at radius 1 is 1.56 bits per heavy atom. The number of hydrogen-bond donors (Lipinski definition) is 1. The minimum atomic E-state index is 0.199. The Morgan fingerprint density at radius 2 is 2.22 bits per heavy atom. The summed E-state index contributed by atoms with van der Waals surface area (Å²) in [6.07, 6.45) is 0.199. The first kappa shape index (κ1) is 9.27. The van der Waals surface area contributed by atoms with Gasteiger partial charge in [0.25, 0.3) is 0 Å². The third-order valence-corrected chi connectivity index (χ3v) is 1.17. The molecule has 0 heterocycles. The van der Waals surface area contributed by atoms with E-state index in [1.807, 2.05) is 6.92 Å². The molecule has 0 aromatic carbocycles. The summed E-state index contributed by atoms with van der Waals surface area (Å²) in [5.41, 5.74) is 0. The molecule has 0 aliphatic rings. The number of thiol groups is 1. The number of methoxy groups -OCH3 is 1. The average molecular weight is 150 g/mol. The molecular formula is C6H14O2S. The Bertz CT molecular complexity index is 59.0. The van der Waals surface area contributed by atoms with Crippen LogP contribution in [0.25, 0.3) is 0 Å². The van der Waals surface area contributed by atoms with E-state index in [4.69, 9.17) is 9.47 Å². The molecular weight excluding hydrogens is 136 g/mol. The fourth-order valence-corrected chi connectivity index (χ4v) is 0.511. The van der Waals surface area contributed by atoms with Gasteiger partial charge in [0.05, 0.1) is 19.3 Å². The van der Waals surface area contributed by atoms with Crippen LogP contribution in [0.4, 0.5) is 0 Å². The molecule has 1 atom stereocenters. The van der Waals surface area contributed by atoms with Crippen LogP contribution in [-0.2, 0) is 9.47 Å². The van der Waals surface area contributed by atoms with E-state index in [9.17, 15) is 0 Å². The molecule has 0 fully saturated rings. The summed E-state index contributed by atoms with van der Waals surface area (Å²) in [6.45, 7) is 3.34. The Labute approximate surface area is 61.9 Å².